The zero-order valence-corrected chi connectivity index (χ0v) is 17.5. The number of ether oxygens (including phenoxy) is 2. The summed E-state index contributed by atoms with van der Waals surface area (Å²) in [7, 11) is 3.53. The Hall–Kier alpha value is -3.11. The molecule has 2 fully saturated rings. The number of Topliss-reactive ketones (excluding diaryl/α,β-unsaturated/α-hetero) is 2. The predicted molar refractivity (Wildman–Crippen MR) is 106 cm³/mol. The summed E-state index contributed by atoms with van der Waals surface area (Å²) in [6, 6.07) is 3.71. The van der Waals surface area contributed by atoms with Crippen molar-refractivity contribution >= 4 is 17.7 Å². The van der Waals surface area contributed by atoms with E-state index in [0.717, 1.165) is 0 Å². The predicted octanol–water partition coefficient (Wildman–Crippen LogP) is 0.115. The molecule has 1 aromatic rings. The van der Waals surface area contributed by atoms with Gasteiger partial charge in [0, 0.05) is 30.8 Å². The quantitative estimate of drug-likeness (QED) is 0.479. The largest absolute Gasteiger partial charge is 0.467 e. The summed E-state index contributed by atoms with van der Waals surface area (Å²) >= 11 is 0. The van der Waals surface area contributed by atoms with Crippen LogP contribution in [0.3, 0.4) is 0 Å². The fourth-order valence-electron chi connectivity index (χ4n) is 5.52. The summed E-state index contributed by atoms with van der Waals surface area (Å²) in [6.45, 7) is 2.30. The topological polar surface area (TPSA) is 127 Å². The molecule has 0 saturated carbocycles. The number of methoxy groups -OCH3 is 1. The van der Waals surface area contributed by atoms with Crippen LogP contribution in [0.15, 0.2) is 45.4 Å². The smallest absolute Gasteiger partial charge is 0.404 e. The van der Waals surface area contributed by atoms with E-state index in [9.17, 15) is 14.4 Å². The highest BCUT2D eigenvalue weighted by atomic mass is 16.6. The van der Waals surface area contributed by atoms with E-state index < -0.39 is 17.7 Å². The molecule has 164 valence electrons. The van der Waals surface area contributed by atoms with Crippen LogP contribution in [0.25, 0.3) is 0 Å². The molecule has 3 aliphatic heterocycles. The third-order valence-electron chi connectivity index (χ3n) is 6.97. The molecule has 4 heterocycles. The van der Waals surface area contributed by atoms with Crippen molar-refractivity contribution in [2.45, 2.75) is 31.3 Å². The molecular formula is C21H24N4O6. The number of nitrogens with one attached hydrogen (secondary N) is 1. The maximum absolute atomic E-state index is 13.6. The lowest BCUT2D eigenvalue weighted by Crippen LogP contribution is -2.55. The third-order valence-corrected chi connectivity index (χ3v) is 6.97. The van der Waals surface area contributed by atoms with Gasteiger partial charge in [-0.25, -0.2) is 4.79 Å². The Morgan fingerprint density at radius 3 is 2.81 bits per heavy atom. The van der Waals surface area contributed by atoms with Crippen LogP contribution in [0.5, 0.6) is 0 Å². The minimum atomic E-state index is -0.971. The van der Waals surface area contributed by atoms with E-state index in [1.165, 1.54) is 0 Å². The number of likely N-dealkylation sites (N-methyl/N-ethyl adjacent to an activating group) is 1. The monoisotopic (exact) mass is 428 g/mol. The maximum Gasteiger partial charge on any atom is 0.404 e. The van der Waals surface area contributed by atoms with E-state index in [4.69, 9.17) is 19.6 Å². The third kappa shape index (κ3) is 2.55. The van der Waals surface area contributed by atoms with Crippen molar-refractivity contribution in [1.29, 1.82) is 0 Å². The number of nitrogens with two attached hydrogens (primary N) is 1. The van der Waals surface area contributed by atoms with Gasteiger partial charge >= 0.3 is 6.09 Å². The van der Waals surface area contributed by atoms with Gasteiger partial charge in [0.15, 0.2) is 5.72 Å². The lowest BCUT2D eigenvalue weighted by atomic mass is 9.82. The van der Waals surface area contributed by atoms with Crippen molar-refractivity contribution < 1.29 is 28.3 Å². The lowest BCUT2D eigenvalue weighted by Gasteiger charge is -2.40. The number of ketones is 2. The molecule has 0 spiro atoms. The number of furan rings is 1. The number of nitrogens with zero attached hydrogens (tertiary/aromatic N) is 2. The zero-order valence-electron chi connectivity index (χ0n) is 17.5. The molecule has 1 amide bonds. The van der Waals surface area contributed by atoms with E-state index in [0.29, 0.717) is 29.1 Å². The van der Waals surface area contributed by atoms with Crippen LogP contribution in [0.4, 0.5) is 4.79 Å². The molecule has 0 radical (unpaired) electrons. The molecule has 5 rings (SSSR count). The maximum atomic E-state index is 13.6. The van der Waals surface area contributed by atoms with Gasteiger partial charge in [0.1, 0.15) is 12.4 Å². The highest BCUT2D eigenvalue weighted by Gasteiger charge is 2.75. The molecule has 1 aliphatic carbocycles. The highest BCUT2D eigenvalue weighted by molar-refractivity contribution is 6.25. The van der Waals surface area contributed by atoms with E-state index >= 15 is 0 Å². The fraction of sp³-hybridized carbons (Fsp3) is 0.476. The first-order valence-electron chi connectivity index (χ1n) is 10.1. The Morgan fingerprint density at radius 2 is 2.16 bits per heavy atom. The molecule has 31 heavy (non-hydrogen) atoms. The summed E-state index contributed by atoms with van der Waals surface area (Å²) < 4.78 is 16.5. The number of carbonyl (C=O) groups is 3. The van der Waals surface area contributed by atoms with Gasteiger partial charge in [0.25, 0.3) is 0 Å². The van der Waals surface area contributed by atoms with Crippen molar-refractivity contribution in [3.8, 4) is 0 Å². The first-order chi connectivity index (χ1) is 14.8. The van der Waals surface area contributed by atoms with Crippen molar-refractivity contribution in [3.05, 3.63) is 46.7 Å². The average Bonchev–Trinajstić information content (AvgIpc) is 3.15. The highest BCUT2D eigenvalue weighted by Crippen LogP contribution is 2.59. The molecule has 4 aliphatic rings. The molecule has 0 aromatic carbocycles. The van der Waals surface area contributed by atoms with E-state index in [1.54, 1.807) is 32.4 Å². The number of primary amides is 1. The first kappa shape index (κ1) is 19.8. The summed E-state index contributed by atoms with van der Waals surface area (Å²) in [6.07, 6.45) is 0.600. The Labute approximate surface area is 178 Å². The number of fused-ring (bicyclic) bond motifs is 4. The van der Waals surface area contributed by atoms with Crippen LogP contribution in [0.1, 0.15) is 12.7 Å². The first-order valence-corrected chi connectivity index (χ1v) is 10.1. The second-order valence-corrected chi connectivity index (χ2v) is 8.28. The van der Waals surface area contributed by atoms with Crippen molar-refractivity contribution in [3.63, 3.8) is 0 Å². The summed E-state index contributed by atoms with van der Waals surface area (Å²) in [5.41, 5.74) is 5.45. The van der Waals surface area contributed by atoms with Crippen LogP contribution in [-0.4, -0.2) is 72.6 Å². The van der Waals surface area contributed by atoms with E-state index in [-0.39, 0.29) is 42.5 Å². The number of hydrogen-bond donors (Lipinski definition) is 2. The average molecular weight is 428 g/mol. The normalized spacial score (nSPS) is 33.5. The molecular weight excluding hydrogens is 404 g/mol. The van der Waals surface area contributed by atoms with Crippen LogP contribution < -0.4 is 11.1 Å². The summed E-state index contributed by atoms with van der Waals surface area (Å²) in [4.78, 5) is 42.5. The van der Waals surface area contributed by atoms with Gasteiger partial charge in [-0.05, 0) is 26.1 Å². The Bertz CT molecular complexity index is 1040. The number of amides is 1. The molecule has 5 atom stereocenters. The number of allylic oxidation sites excluding steroid dienone is 2. The van der Waals surface area contributed by atoms with Crippen molar-refractivity contribution in [2.75, 3.05) is 27.3 Å². The van der Waals surface area contributed by atoms with Crippen LogP contribution in [-0.2, 0) is 25.6 Å². The summed E-state index contributed by atoms with van der Waals surface area (Å²) in [5.74, 6) is -0.549. The molecule has 2 saturated heterocycles. The van der Waals surface area contributed by atoms with Gasteiger partial charge in [-0.2, -0.15) is 0 Å². The standard InChI is InChI=1S/C21H24N4O6/c1-10-15(23-7-11-5-4-6-30-11)18(27)14-12(9-31-20(22)28)21(29-3)19-13(24(19)2)8-25(21)16(14)17(10)26/h4-6,12-13,19,23H,7-9H2,1-3H3,(H2,22,28)/t12-,13+,19+,21-,24?/m1/s1. The molecule has 1 unspecified atom stereocenters. The molecule has 0 bridgehead atoms. The number of rotatable bonds is 6. The minimum Gasteiger partial charge on any atom is -0.467 e. The molecule has 1 aromatic heterocycles. The minimum absolute atomic E-state index is 0.0231. The SMILES string of the molecule is CO[C@@]12[C@H](COC(N)=O)C3=C(C(=O)C(C)=C(NCc4ccco4)C3=O)N1C[C@H]1[C@@H]2N1C. The van der Waals surface area contributed by atoms with Gasteiger partial charge < -0.3 is 29.8 Å². The molecule has 10 nitrogen and oxygen atoms in total. The Kier molecular flexibility index (Phi) is 4.28. The molecule has 3 N–H and O–H groups in total. The van der Waals surface area contributed by atoms with Gasteiger partial charge in [-0.1, -0.05) is 0 Å². The van der Waals surface area contributed by atoms with Crippen LogP contribution >= 0.6 is 0 Å². The molecule has 10 heteroatoms. The van der Waals surface area contributed by atoms with Crippen LogP contribution in [0, 0.1) is 5.92 Å². The van der Waals surface area contributed by atoms with Gasteiger partial charge in [-0.3, -0.25) is 14.5 Å². The number of piperazine rings is 1. The lowest BCUT2D eigenvalue weighted by molar-refractivity contribution is -0.144. The Balaban J connectivity index is 1.54. The number of carbonyl (C=O) groups excluding carboxylic acids is 3. The van der Waals surface area contributed by atoms with Crippen molar-refractivity contribution in [1.82, 2.24) is 15.1 Å². The Morgan fingerprint density at radius 1 is 1.39 bits per heavy atom. The second-order valence-electron chi connectivity index (χ2n) is 8.28. The fourth-order valence-corrected chi connectivity index (χ4v) is 5.52. The van der Waals surface area contributed by atoms with Gasteiger partial charge in [0.2, 0.25) is 11.6 Å². The van der Waals surface area contributed by atoms with Crippen molar-refractivity contribution in [2.24, 2.45) is 11.7 Å². The van der Waals surface area contributed by atoms with Crippen LogP contribution in [0.2, 0.25) is 0 Å². The van der Waals surface area contributed by atoms with E-state index in [1.807, 2.05) is 11.9 Å². The van der Waals surface area contributed by atoms with E-state index in [2.05, 4.69) is 10.2 Å². The zero-order chi connectivity index (χ0) is 22.1. The summed E-state index contributed by atoms with van der Waals surface area (Å²) in [5, 5.41) is 3.06. The van der Waals surface area contributed by atoms with Gasteiger partial charge in [-0.15, -0.1) is 0 Å². The second kappa shape index (κ2) is 6.69. The number of hydrogen-bond acceptors (Lipinski definition) is 9. The van der Waals surface area contributed by atoms with Gasteiger partial charge in [0.05, 0.1) is 36.2 Å².